The van der Waals surface area contributed by atoms with E-state index in [1.165, 1.54) is 13.2 Å². The van der Waals surface area contributed by atoms with Gasteiger partial charge >= 0.3 is 0 Å². The maximum Gasteiger partial charge on any atom is 0.247 e. The van der Waals surface area contributed by atoms with Crippen molar-refractivity contribution in [2.24, 2.45) is 23.6 Å². The van der Waals surface area contributed by atoms with Gasteiger partial charge in [-0.05, 0) is 31.8 Å². The second-order valence-corrected chi connectivity index (χ2v) is 8.84. The fraction of sp³-hybridized carbons (Fsp3) is 0.269. The molecule has 0 unspecified atom stereocenters. The van der Waals surface area contributed by atoms with Crippen molar-refractivity contribution in [1.29, 1.82) is 0 Å². The summed E-state index contributed by atoms with van der Waals surface area (Å²) in [6.45, 7) is 4.72. The second kappa shape index (κ2) is 12.2. The van der Waals surface area contributed by atoms with E-state index in [0.717, 1.165) is 17.0 Å². The van der Waals surface area contributed by atoms with Crippen molar-refractivity contribution in [2.45, 2.75) is 0 Å². The number of nitrogens with two attached hydrogens (primary N) is 2. The molecule has 1 heterocycles. The molecule has 2 aromatic carbocycles. The molecule has 0 fully saturated rings. The van der Waals surface area contributed by atoms with Crippen molar-refractivity contribution in [1.82, 2.24) is 20.1 Å². The lowest BCUT2D eigenvalue weighted by molar-refractivity contribution is -0.111. The third kappa shape index (κ3) is 6.28. The molecule has 0 aliphatic rings. The zero-order valence-corrected chi connectivity index (χ0v) is 22.2. The van der Waals surface area contributed by atoms with E-state index in [-0.39, 0.29) is 23.0 Å². The van der Waals surface area contributed by atoms with Crippen LogP contribution >= 0.6 is 0 Å². The fourth-order valence-corrected chi connectivity index (χ4v) is 3.71. The molecule has 0 aliphatic heterocycles. The summed E-state index contributed by atoms with van der Waals surface area (Å²) in [6.07, 6.45) is 4.30. The van der Waals surface area contributed by atoms with Gasteiger partial charge in [0.05, 0.1) is 24.5 Å². The van der Waals surface area contributed by atoms with Gasteiger partial charge in [0, 0.05) is 50.4 Å². The third-order valence-electron chi connectivity index (χ3n) is 5.89. The Hall–Kier alpha value is -4.42. The summed E-state index contributed by atoms with van der Waals surface area (Å²) in [4.78, 5) is 20.3. The van der Waals surface area contributed by atoms with Crippen LogP contribution < -0.4 is 32.0 Å². The second-order valence-electron chi connectivity index (χ2n) is 8.84. The van der Waals surface area contributed by atoms with Crippen molar-refractivity contribution in [2.75, 3.05) is 51.6 Å². The minimum Gasteiger partial charge on any atom is -0.494 e. The van der Waals surface area contributed by atoms with Crippen LogP contribution in [0.5, 0.6) is 5.75 Å². The van der Waals surface area contributed by atoms with E-state index < -0.39 is 11.7 Å². The van der Waals surface area contributed by atoms with E-state index >= 15 is 4.39 Å². The standard InChI is InChI=1S/C26H34FN9O2/c1-7-23(37)32-25-20(35(4)11-10-34(2)3)14-21(38-6)26(24(25)27)31-22(33-29)13-18(28)16-8-9-17-15-30-36(5)19(17)12-16/h7-9,12-15H,1,10-11,28-29H2,2-6H3,(H,31,33)(H,32,37). The largest absolute Gasteiger partial charge is 0.494 e. The Kier molecular flexibility index (Phi) is 9.05. The minimum atomic E-state index is -0.803. The van der Waals surface area contributed by atoms with E-state index in [1.54, 1.807) is 24.0 Å². The van der Waals surface area contributed by atoms with Gasteiger partial charge in [-0.1, -0.05) is 18.7 Å². The van der Waals surface area contributed by atoms with Crippen molar-refractivity contribution in [3.05, 3.63) is 60.6 Å². The van der Waals surface area contributed by atoms with Gasteiger partial charge in [0.25, 0.3) is 0 Å². The van der Waals surface area contributed by atoms with Crippen LogP contribution in [0.2, 0.25) is 0 Å². The van der Waals surface area contributed by atoms with Gasteiger partial charge in [-0.3, -0.25) is 9.48 Å². The predicted octanol–water partition coefficient (Wildman–Crippen LogP) is 2.34. The Balaban J connectivity index is 2.10. The number of hydrogen-bond acceptors (Lipinski definition) is 8. The number of fused-ring (bicyclic) bond motifs is 1. The molecule has 0 saturated carbocycles. The molecule has 0 spiro atoms. The number of aliphatic imine (C=N–C) groups is 1. The first-order valence-electron chi connectivity index (χ1n) is 11.7. The maximum absolute atomic E-state index is 16.0. The number of benzene rings is 2. The Morgan fingerprint density at radius 3 is 2.66 bits per heavy atom. The Morgan fingerprint density at radius 2 is 2.03 bits per heavy atom. The van der Waals surface area contributed by atoms with E-state index in [9.17, 15) is 4.79 Å². The van der Waals surface area contributed by atoms with Gasteiger partial charge < -0.3 is 31.0 Å². The zero-order valence-electron chi connectivity index (χ0n) is 22.2. The molecule has 6 N–H and O–H groups in total. The van der Waals surface area contributed by atoms with Gasteiger partial charge in [0.15, 0.2) is 5.82 Å². The third-order valence-corrected chi connectivity index (χ3v) is 5.89. The quantitative estimate of drug-likeness (QED) is 0.104. The monoisotopic (exact) mass is 523 g/mol. The number of hydrazine groups is 1. The van der Waals surface area contributed by atoms with Gasteiger partial charge in [0.1, 0.15) is 23.0 Å². The molecule has 11 nitrogen and oxygen atoms in total. The van der Waals surface area contributed by atoms with Crippen LogP contribution in [0, 0.1) is 5.82 Å². The summed E-state index contributed by atoms with van der Waals surface area (Å²) in [6, 6.07) is 7.22. The molecule has 202 valence electrons. The van der Waals surface area contributed by atoms with E-state index in [4.69, 9.17) is 16.3 Å². The Bertz CT molecular complexity index is 1400. The van der Waals surface area contributed by atoms with Gasteiger partial charge in [-0.15, -0.1) is 0 Å². The van der Waals surface area contributed by atoms with E-state index in [1.807, 2.05) is 49.1 Å². The number of amidine groups is 1. The fourth-order valence-electron chi connectivity index (χ4n) is 3.71. The lowest BCUT2D eigenvalue weighted by Crippen LogP contribution is -2.30. The lowest BCUT2D eigenvalue weighted by atomic mass is 10.1. The summed E-state index contributed by atoms with van der Waals surface area (Å²) >= 11 is 0. The average Bonchev–Trinajstić information content (AvgIpc) is 3.28. The zero-order chi connectivity index (χ0) is 28.0. The first-order valence-corrected chi connectivity index (χ1v) is 11.7. The molecule has 3 aromatic rings. The summed E-state index contributed by atoms with van der Waals surface area (Å²) in [7, 11) is 8.90. The summed E-state index contributed by atoms with van der Waals surface area (Å²) < 4.78 is 23.2. The highest BCUT2D eigenvalue weighted by molar-refractivity contribution is 6.04. The molecule has 12 heteroatoms. The van der Waals surface area contributed by atoms with E-state index in [0.29, 0.717) is 30.0 Å². The van der Waals surface area contributed by atoms with Gasteiger partial charge in [-0.25, -0.2) is 15.2 Å². The maximum atomic E-state index is 16.0. The predicted molar refractivity (Wildman–Crippen MR) is 151 cm³/mol. The minimum absolute atomic E-state index is 0.0642. The number of anilines is 2. The highest BCUT2D eigenvalue weighted by Gasteiger charge is 2.23. The van der Waals surface area contributed by atoms with Crippen LogP contribution in [0.15, 0.2) is 54.2 Å². The summed E-state index contributed by atoms with van der Waals surface area (Å²) in [5.41, 5.74) is 10.9. The van der Waals surface area contributed by atoms with Gasteiger partial charge in [-0.2, -0.15) is 5.10 Å². The first-order chi connectivity index (χ1) is 18.1. The van der Waals surface area contributed by atoms with Crippen LogP contribution in [0.25, 0.3) is 16.6 Å². The molecule has 0 radical (unpaired) electrons. The SMILES string of the molecule is C=CC(=O)Nc1c(N(C)CCN(C)C)cc(OC)c(N=C(C=C(N)c2ccc3cnn(C)c3c2)NN)c1F. The van der Waals surface area contributed by atoms with Crippen molar-refractivity contribution >= 4 is 45.4 Å². The van der Waals surface area contributed by atoms with Crippen LogP contribution in [0.1, 0.15) is 5.56 Å². The van der Waals surface area contributed by atoms with Crippen molar-refractivity contribution in [3.63, 3.8) is 0 Å². The number of aryl methyl sites for hydroxylation is 1. The smallest absolute Gasteiger partial charge is 0.247 e. The molecule has 0 saturated heterocycles. The number of carbonyl (C=O) groups is 1. The number of likely N-dealkylation sites (N-methyl/N-ethyl adjacent to an activating group) is 2. The number of aromatic nitrogens is 2. The number of carbonyl (C=O) groups excluding carboxylic acids is 1. The van der Waals surface area contributed by atoms with E-state index in [2.05, 4.69) is 27.4 Å². The van der Waals surface area contributed by atoms with Crippen LogP contribution in [-0.4, -0.2) is 67.8 Å². The molecule has 1 aromatic heterocycles. The summed E-state index contributed by atoms with van der Waals surface area (Å²) in [5.74, 6) is 4.55. The highest BCUT2D eigenvalue weighted by Crippen LogP contribution is 2.42. The molecule has 1 amide bonds. The number of ether oxygens (including phenoxy) is 1. The topological polar surface area (TPSA) is 139 Å². The van der Waals surface area contributed by atoms with Crippen LogP contribution in [-0.2, 0) is 11.8 Å². The molecule has 38 heavy (non-hydrogen) atoms. The highest BCUT2D eigenvalue weighted by atomic mass is 19.1. The van der Waals surface area contributed by atoms with Gasteiger partial charge in [0.2, 0.25) is 5.91 Å². The number of methoxy groups -OCH3 is 1. The molecule has 3 rings (SSSR count). The number of nitrogens with one attached hydrogen (secondary N) is 2. The number of rotatable bonds is 10. The number of amides is 1. The summed E-state index contributed by atoms with van der Waals surface area (Å²) in [5, 5.41) is 7.75. The molecular formula is C26H34FN9O2. The number of nitrogens with zero attached hydrogens (tertiary/aromatic N) is 5. The Morgan fingerprint density at radius 1 is 1.29 bits per heavy atom. The number of halogens is 1. The Labute approximate surface area is 221 Å². The van der Waals surface area contributed by atoms with Crippen molar-refractivity contribution in [3.8, 4) is 5.75 Å². The van der Waals surface area contributed by atoms with Crippen LogP contribution in [0.3, 0.4) is 0 Å². The van der Waals surface area contributed by atoms with Crippen molar-refractivity contribution < 1.29 is 13.9 Å². The molecule has 0 bridgehead atoms. The normalized spacial score (nSPS) is 12.1. The number of hydrogen-bond donors (Lipinski definition) is 4. The first kappa shape index (κ1) is 28.2. The molecule has 0 atom stereocenters. The van der Waals surface area contributed by atoms with Crippen LogP contribution in [0.4, 0.5) is 21.5 Å². The molecule has 0 aliphatic carbocycles. The molecular weight excluding hydrogens is 489 g/mol. The average molecular weight is 524 g/mol. The lowest BCUT2D eigenvalue weighted by Gasteiger charge is -2.25.